The first-order valence-corrected chi connectivity index (χ1v) is 5.23. The van der Waals surface area contributed by atoms with E-state index < -0.39 is 12.5 Å². The maximum absolute atomic E-state index is 13.7. The quantitative estimate of drug-likeness (QED) is 0.803. The number of alkyl halides is 2. The van der Waals surface area contributed by atoms with Crippen molar-refractivity contribution in [2.45, 2.75) is 5.92 Å². The largest absolute Gasteiger partial charge is 0.392 e. The molecule has 0 bridgehead atoms. The highest BCUT2D eigenvalue weighted by Crippen LogP contribution is 2.28. The number of hydrogen-bond donors (Lipinski definition) is 1. The maximum atomic E-state index is 13.7. The molecule has 0 aromatic heterocycles. The van der Waals surface area contributed by atoms with Gasteiger partial charge >= 0.3 is 0 Å². The number of nitrogens with two attached hydrogens (primary N) is 1. The zero-order valence-electron chi connectivity index (χ0n) is 8.99. The number of halogens is 2. The molecule has 2 N–H and O–H groups in total. The van der Waals surface area contributed by atoms with E-state index in [0.29, 0.717) is 0 Å². The van der Waals surface area contributed by atoms with E-state index in [9.17, 15) is 8.78 Å². The van der Waals surface area contributed by atoms with Gasteiger partial charge < -0.3 is 5.73 Å². The van der Waals surface area contributed by atoms with Gasteiger partial charge in [0, 0.05) is 12.1 Å². The highest BCUT2D eigenvalue weighted by molar-refractivity contribution is 7.80. The molecule has 88 valence electrons. The van der Waals surface area contributed by atoms with Gasteiger partial charge in [-0.3, -0.25) is 4.90 Å². The Bertz CT molecular complexity index is 354. The Morgan fingerprint density at radius 3 is 2.44 bits per heavy atom. The Morgan fingerprint density at radius 2 is 1.94 bits per heavy atom. The molecule has 5 heteroatoms. The van der Waals surface area contributed by atoms with Gasteiger partial charge in [0.25, 0.3) is 5.92 Å². The summed E-state index contributed by atoms with van der Waals surface area (Å²) in [6.45, 7) is -0.202. The molecule has 0 radical (unpaired) electrons. The van der Waals surface area contributed by atoms with Gasteiger partial charge in [0.05, 0.1) is 11.5 Å². The molecule has 0 aliphatic carbocycles. The number of rotatable bonds is 5. The van der Waals surface area contributed by atoms with Crippen molar-refractivity contribution in [3.63, 3.8) is 0 Å². The number of nitrogens with zero attached hydrogens (tertiary/aromatic N) is 1. The molecule has 0 spiro atoms. The molecular formula is C11H14F2N2S. The summed E-state index contributed by atoms with van der Waals surface area (Å²) < 4.78 is 27.5. The monoisotopic (exact) mass is 244 g/mol. The molecule has 1 aromatic carbocycles. The summed E-state index contributed by atoms with van der Waals surface area (Å²) in [7, 11) is 1.57. The van der Waals surface area contributed by atoms with Gasteiger partial charge in [0.15, 0.2) is 0 Å². The van der Waals surface area contributed by atoms with Crippen LogP contribution in [0.5, 0.6) is 0 Å². The van der Waals surface area contributed by atoms with Crippen LogP contribution in [0.1, 0.15) is 5.56 Å². The van der Waals surface area contributed by atoms with Crippen LogP contribution in [0, 0.1) is 0 Å². The van der Waals surface area contributed by atoms with Crippen molar-refractivity contribution in [3.05, 3.63) is 35.9 Å². The van der Waals surface area contributed by atoms with Crippen LogP contribution in [0.3, 0.4) is 0 Å². The van der Waals surface area contributed by atoms with Crippen molar-refractivity contribution in [1.82, 2.24) is 4.90 Å². The Balaban J connectivity index is 2.68. The van der Waals surface area contributed by atoms with Gasteiger partial charge in [-0.2, -0.15) is 8.78 Å². The second-order valence-electron chi connectivity index (χ2n) is 3.71. The van der Waals surface area contributed by atoms with Crippen LogP contribution in [0.15, 0.2) is 30.3 Å². The molecule has 0 amide bonds. The average Bonchev–Trinajstić information content (AvgIpc) is 2.16. The average molecular weight is 244 g/mol. The summed E-state index contributed by atoms with van der Waals surface area (Å²) in [4.78, 5) is 1.63. The maximum Gasteiger partial charge on any atom is 0.285 e. The first-order valence-electron chi connectivity index (χ1n) is 4.82. The predicted octanol–water partition coefficient (Wildman–Crippen LogP) is 2.00. The van der Waals surface area contributed by atoms with Crippen LogP contribution < -0.4 is 5.73 Å². The predicted molar refractivity (Wildman–Crippen MR) is 64.6 cm³/mol. The van der Waals surface area contributed by atoms with Crippen LogP contribution in [0.25, 0.3) is 0 Å². The fourth-order valence-electron chi connectivity index (χ4n) is 1.43. The fraction of sp³-hybridized carbons (Fsp3) is 0.364. The van der Waals surface area contributed by atoms with Crippen LogP contribution in [0.2, 0.25) is 0 Å². The summed E-state index contributed by atoms with van der Waals surface area (Å²) in [5.41, 5.74) is 5.30. The van der Waals surface area contributed by atoms with E-state index >= 15 is 0 Å². The Kier molecular flexibility index (Phi) is 4.32. The third-order valence-electron chi connectivity index (χ3n) is 2.09. The lowest BCUT2D eigenvalue weighted by atomic mass is 10.1. The number of likely N-dealkylation sites (N-methyl/N-ethyl adjacent to an activating group) is 1. The molecule has 0 unspecified atom stereocenters. The normalized spacial score (nSPS) is 11.8. The van der Waals surface area contributed by atoms with Crippen molar-refractivity contribution in [2.24, 2.45) is 5.73 Å². The first kappa shape index (κ1) is 13.0. The molecule has 0 saturated heterocycles. The summed E-state index contributed by atoms with van der Waals surface area (Å²) in [6.07, 6.45) is 0. The van der Waals surface area contributed by atoms with Crippen molar-refractivity contribution in [3.8, 4) is 0 Å². The van der Waals surface area contributed by atoms with E-state index in [0.717, 1.165) is 0 Å². The van der Waals surface area contributed by atoms with Crippen molar-refractivity contribution in [1.29, 1.82) is 0 Å². The lowest BCUT2D eigenvalue weighted by molar-refractivity contribution is -0.0290. The molecule has 0 aliphatic rings. The molecule has 16 heavy (non-hydrogen) atoms. The van der Waals surface area contributed by atoms with Crippen LogP contribution in [0.4, 0.5) is 8.78 Å². The van der Waals surface area contributed by atoms with Crippen LogP contribution in [-0.4, -0.2) is 30.0 Å². The van der Waals surface area contributed by atoms with Crippen LogP contribution in [-0.2, 0) is 5.92 Å². The highest BCUT2D eigenvalue weighted by atomic mass is 32.1. The molecule has 0 heterocycles. The molecule has 0 atom stereocenters. The summed E-state index contributed by atoms with van der Waals surface area (Å²) in [6, 6.07) is 7.72. The van der Waals surface area contributed by atoms with Gasteiger partial charge in [0.2, 0.25) is 0 Å². The van der Waals surface area contributed by atoms with Crippen LogP contribution >= 0.6 is 12.2 Å². The van der Waals surface area contributed by atoms with Gasteiger partial charge in [-0.15, -0.1) is 0 Å². The summed E-state index contributed by atoms with van der Waals surface area (Å²) >= 11 is 4.67. The van der Waals surface area contributed by atoms with Gasteiger partial charge in [0.1, 0.15) is 0 Å². The first-order chi connectivity index (χ1) is 7.42. The third kappa shape index (κ3) is 3.83. The zero-order chi connectivity index (χ0) is 12.2. The SMILES string of the molecule is CN(CC(N)=S)CC(F)(F)c1ccccc1. The van der Waals surface area contributed by atoms with Gasteiger partial charge in [-0.25, -0.2) is 0 Å². The van der Waals surface area contributed by atoms with Gasteiger partial charge in [-0.1, -0.05) is 42.5 Å². The topological polar surface area (TPSA) is 29.3 Å². The summed E-state index contributed by atoms with van der Waals surface area (Å²) in [5, 5.41) is 0. The second kappa shape index (κ2) is 5.32. The minimum atomic E-state index is -2.89. The Morgan fingerprint density at radius 1 is 1.38 bits per heavy atom. The molecule has 1 aromatic rings. The molecular weight excluding hydrogens is 230 g/mol. The number of benzene rings is 1. The lowest BCUT2D eigenvalue weighted by Gasteiger charge is -2.23. The number of hydrogen-bond acceptors (Lipinski definition) is 2. The molecule has 0 saturated carbocycles. The molecule has 0 aliphatic heterocycles. The number of thiocarbonyl (C=S) groups is 1. The fourth-order valence-corrected chi connectivity index (χ4v) is 1.65. The zero-order valence-corrected chi connectivity index (χ0v) is 9.81. The molecule has 1 rings (SSSR count). The smallest absolute Gasteiger partial charge is 0.285 e. The van der Waals surface area contributed by atoms with Crippen molar-refractivity contribution >= 4 is 17.2 Å². The standard InChI is InChI=1S/C11H14F2N2S/c1-15(7-10(14)16)8-11(12,13)9-5-3-2-4-6-9/h2-6H,7-8H2,1H3,(H2,14,16). The Hall–Kier alpha value is -1.07. The van der Waals surface area contributed by atoms with E-state index in [2.05, 4.69) is 12.2 Å². The second-order valence-corrected chi connectivity index (χ2v) is 4.23. The Labute approximate surface area is 99.0 Å². The minimum Gasteiger partial charge on any atom is -0.392 e. The minimum absolute atomic E-state index is 0.00443. The third-order valence-corrected chi connectivity index (χ3v) is 2.22. The van der Waals surface area contributed by atoms with E-state index in [1.807, 2.05) is 0 Å². The van der Waals surface area contributed by atoms with Crippen molar-refractivity contribution in [2.75, 3.05) is 20.1 Å². The molecule has 2 nitrogen and oxygen atoms in total. The van der Waals surface area contributed by atoms with E-state index in [1.165, 1.54) is 17.0 Å². The van der Waals surface area contributed by atoms with E-state index in [4.69, 9.17) is 5.73 Å². The van der Waals surface area contributed by atoms with Gasteiger partial charge in [-0.05, 0) is 7.05 Å². The van der Waals surface area contributed by atoms with E-state index in [-0.39, 0.29) is 17.1 Å². The summed E-state index contributed by atoms with van der Waals surface area (Å²) in [5.74, 6) is -2.89. The molecule has 0 fully saturated rings. The van der Waals surface area contributed by atoms with Crippen molar-refractivity contribution < 1.29 is 8.78 Å². The lowest BCUT2D eigenvalue weighted by Crippen LogP contribution is -2.37. The highest BCUT2D eigenvalue weighted by Gasteiger charge is 2.32. The van der Waals surface area contributed by atoms with E-state index in [1.54, 1.807) is 25.2 Å².